The highest BCUT2D eigenvalue weighted by Gasteiger charge is 2.14. The molecule has 1 aromatic rings. The summed E-state index contributed by atoms with van der Waals surface area (Å²) in [6, 6.07) is 9.28. The molecule has 1 aliphatic rings. The highest BCUT2D eigenvalue weighted by Crippen LogP contribution is 2.30. The number of methoxy groups -OCH3 is 1. The van der Waals surface area contributed by atoms with Gasteiger partial charge >= 0.3 is 0 Å². The van der Waals surface area contributed by atoms with Gasteiger partial charge in [0.2, 0.25) is 0 Å². The summed E-state index contributed by atoms with van der Waals surface area (Å²) in [7, 11) is 1.58. The van der Waals surface area contributed by atoms with Crippen LogP contribution in [0.5, 0.6) is 5.75 Å². The molecule has 0 spiro atoms. The number of allylic oxidation sites excluding steroid dienone is 6. The number of oxime groups is 1. The highest BCUT2D eigenvalue weighted by atomic mass is 35.5. The van der Waals surface area contributed by atoms with Crippen molar-refractivity contribution in [3.05, 3.63) is 58.7 Å². The van der Waals surface area contributed by atoms with Crippen LogP contribution < -0.4 is 4.74 Å². The third-order valence-corrected chi connectivity index (χ3v) is 3.14. The molecule has 0 atom stereocenters. The molecule has 0 fully saturated rings. The number of benzene rings is 1. The summed E-state index contributed by atoms with van der Waals surface area (Å²) in [6.45, 7) is 0. The van der Waals surface area contributed by atoms with Gasteiger partial charge in [0, 0.05) is 5.57 Å². The van der Waals surface area contributed by atoms with Crippen LogP contribution in [0.2, 0.25) is 0 Å². The molecule has 0 saturated carbocycles. The van der Waals surface area contributed by atoms with Crippen LogP contribution in [0.3, 0.4) is 0 Å². The first kappa shape index (κ1) is 13.9. The molecule has 0 aromatic heterocycles. The molecule has 1 N–H and O–H groups in total. The van der Waals surface area contributed by atoms with E-state index in [0.717, 1.165) is 5.56 Å². The molecule has 0 aliphatic heterocycles. The Kier molecular flexibility index (Phi) is 4.24. The smallest absolute Gasteiger partial charge is 0.118 e. The number of rotatable bonds is 2. The molecular weight excluding hydrogens is 276 g/mol. The minimum absolute atomic E-state index is 0.339. The predicted molar refractivity (Wildman–Crippen MR) is 77.8 cm³/mol. The summed E-state index contributed by atoms with van der Waals surface area (Å²) >= 11 is 6.12. The third kappa shape index (κ3) is 2.73. The SMILES string of the molecule is COc1ccc(C(C#N)=C2C=CC(=NO)C=C2Cl)cc1. The average Bonchev–Trinajstić information content (AvgIpc) is 2.50. The summed E-state index contributed by atoms with van der Waals surface area (Å²) in [6.07, 6.45) is 4.74. The molecule has 20 heavy (non-hydrogen) atoms. The van der Waals surface area contributed by atoms with Crippen LogP contribution in [-0.4, -0.2) is 18.0 Å². The molecule has 4 nitrogen and oxygen atoms in total. The quantitative estimate of drug-likeness (QED) is 0.514. The van der Waals surface area contributed by atoms with E-state index in [-0.39, 0.29) is 0 Å². The number of nitrogens with zero attached hydrogens (tertiary/aromatic N) is 2. The lowest BCUT2D eigenvalue weighted by molar-refractivity contribution is 0.320. The van der Waals surface area contributed by atoms with Crippen molar-refractivity contribution in [1.82, 2.24) is 0 Å². The van der Waals surface area contributed by atoms with Gasteiger partial charge in [-0.3, -0.25) is 0 Å². The zero-order valence-corrected chi connectivity index (χ0v) is 11.4. The topological polar surface area (TPSA) is 65.6 Å². The van der Waals surface area contributed by atoms with Crippen molar-refractivity contribution in [2.45, 2.75) is 0 Å². The second kappa shape index (κ2) is 6.09. The van der Waals surface area contributed by atoms with Crippen LogP contribution in [0.15, 0.2) is 58.3 Å². The van der Waals surface area contributed by atoms with Gasteiger partial charge < -0.3 is 9.94 Å². The Morgan fingerprint density at radius 1 is 1.30 bits per heavy atom. The highest BCUT2D eigenvalue weighted by molar-refractivity contribution is 6.36. The molecule has 0 saturated heterocycles. The van der Waals surface area contributed by atoms with Crippen molar-refractivity contribution in [3.8, 4) is 11.8 Å². The molecule has 5 heteroatoms. The van der Waals surface area contributed by atoms with Gasteiger partial charge in [0.15, 0.2) is 0 Å². The van der Waals surface area contributed by atoms with E-state index in [4.69, 9.17) is 21.5 Å². The van der Waals surface area contributed by atoms with Crippen LogP contribution in [-0.2, 0) is 0 Å². The number of hydrogen-bond donors (Lipinski definition) is 1. The number of nitriles is 1. The lowest BCUT2D eigenvalue weighted by Crippen LogP contribution is -1.99. The summed E-state index contributed by atoms with van der Waals surface area (Å²) in [5.41, 5.74) is 2.11. The van der Waals surface area contributed by atoms with E-state index in [1.807, 2.05) is 0 Å². The van der Waals surface area contributed by atoms with Crippen molar-refractivity contribution in [2.24, 2.45) is 5.16 Å². The van der Waals surface area contributed by atoms with Crippen LogP contribution in [0, 0.1) is 11.3 Å². The summed E-state index contributed by atoms with van der Waals surface area (Å²) in [5.74, 6) is 0.714. The first-order valence-electron chi connectivity index (χ1n) is 5.76. The second-order valence-electron chi connectivity index (χ2n) is 3.98. The monoisotopic (exact) mass is 286 g/mol. The number of ether oxygens (including phenoxy) is 1. The van der Waals surface area contributed by atoms with Gasteiger partial charge in [-0.25, -0.2) is 0 Å². The van der Waals surface area contributed by atoms with Gasteiger partial charge in [-0.2, -0.15) is 5.26 Å². The molecule has 0 heterocycles. The van der Waals surface area contributed by atoms with Gasteiger partial charge in [-0.05, 0) is 48.1 Å². The first-order valence-corrected chi connectivity index (χ1v) is 6.14. The van der Waals surface area contributed by atoms with Crippen molar-refractivity contribution in [3.63, 3.8) is 0 Å². The van der Waals surface area contributed by atoms with Crippen LogP contribution in [0.1, 0.15) is 5.56 Å². The standard InChI is InChI=1S/C15H11ClN2O2/c1-20-12-5-2-10(3-6-12)14(9-17)13-7-4-11(18-19)8-15(13)16/h2-8,19H,1H3. The van der Waals surface area contributed by atoms with Gasteiger partial charge in [-0.1, -0.05) is 16.8 Å². The maximum atomic E-state index is 9.36. The van der Waals surface area contributed by atoms with Gasteiger partial charge in [0.1, 0.15) is 17.5 Å². The fourth-order valence-electron chi connectivity index (χ4n) is 1.81. The molecule has 0 unspecified atom stereocenters. The van der Waals surface area contributed by atoms with E-state index in [2.05, 4.69) is 11.2 Å². The third-order valence-electron chi connectivity index (χ3n) is 2.83. The average molecular weight is 287 g/mol. The largest absolute Gasteiger partial charge is 0.497 e. The Morgan fingerprint density at radius 2 is 2.00 bits per heavy atom. The van der Waals surface area contributed by atoms with E-state index in [1.165, 1.54) is 6.08 Å². The Balaban J connectivity index is 2.49. The fraction of sp³-hybridized carbons (Fsp3) is 0.0667. The van der Waals surface area contributed by atoms with Crippen LogP contribution in [0.25, 0.3) is 5.57 Å². The van der Waals surface area contributed by atoms with E-state index < -0.39 is 0 Å². The molecule has 0 radical (unpaired) electrons. The normalized spacial score (nSPS) is 18.4. The lowest BCUT2D eigenvalue weighted by atomic mass is 9.97. The van der Waals surface area contributed by atoms with Gasteiger partial charge in [0.05, 0.1) is 17.7 Å². The predicted octanol–water partition coefficient (Wildman–Crippen LogP) is 3.50. The van der Waals surface area contributed by atoms with E-state index >= 15 is 0 Å². The summed E-state index contributed by atoms with van der Waals surface area (Å²) in [4.78, 5) is 0. The Labute approximate surface area is 121 Å². The van der Waals surface area contributed by atoms with Crippen LogP contribution in [0.4, 0.5) is 0 Å². The summed E-state index contributed by atoms with van der Waals surface area (Å²) in [5, 5.41) is 21.5. The summed E-state index contributed by atoms with van der Waals surface area (Å²) < 4.78 is 5.08. The second-order valence-corrected chi connectivity index (χ2v) is 4.39. The molecule has 1 aromatic carbocycles. The molecule has 1 aliphatic carbocycles. The molecule has 2 rings (SSSR count). The Hall–Kier alpha value is -2.51. The maximum absolute atomic E-state index is 9.36. The van der Waals surface area contributed by atoms with E-state index in [1.54, 1.807) is 43.5 Å². The maximum Gasteiger partial charge on any atom is 0.118 e. The van der Waals surface area contributed by atoms with Gasteiger partial charge in [0.25, 0.3) is 0 Å². The minimum atomic E-state index is 0.339. The van der Waals surface area contributed by atoms with Crippen LogP contribution >= 0.6 is 11.6 Å². The molecule has 100 valence electrons. The van der Waals surface area contributed by atoms with Crippen molar-refractivity contribution >= 4 is 22.9 Å². The van der Waals surface area contributed by atoms with Crippen molar-refractivity contribution < 1.29 is 9.94 Å². The first-order chi connectivity index (χ1) is 9.69. The van der Waals surface area contributed by atoms with Crippen molar-refractivity contribution in [2.75, 3.05) is 7.11 Å². The van der Waals surface area contributed by atoms with Crippen molar-refractivity contribution in [1.29, 1.82) is 5.26 Å². The molecule has 0 bridgehead atoms. The Morgan fingerprint density at radius 3 is 2.50 bits per heavy atom. The zero-order valence-electron chi connectivity index (χ0n) is 10.7. The van der Waals surface area contributed by atoms with E-state index in [0.29, 0.717) is 27.6 Å². The number of halogens is 1. The lowest BCUT2D eigenvalue weighted by Gasteiger charge is -2.10. The van der Waals surface area contributed by atoms with E-state index in [9.17, 15) is 5.26 Å². The molecule has 0 amide bonds. The zero-order chi connectivity index (χ0) is 14.5. The Bertz CT molecular complexity index is 677. The minimum Gasteiger partial charge on any atom is -0.497 e. The van der Waals surface area contributed by atoms with Gasteiger partial charge in [-0.15, -0.1) is 0 Å². The number of hydrogen-bond acceptors (Lipinski definition) is 4. The fourth-order valence-corrected chi connectivity index (χ4v) is 2.08. The molecular formula is C15H11ClN2O2.